The van der Waals surface area contributed by atoms with Crippen molar-refractivity contribution in [2.24, 2.45) is 4.99 Å². The molecule has 4 heteroatoms. The number of para-hydroxylation sites is 1. The number of hydrogen-bond donors (Lipinski definition) is 0. The van der Waals surface area contributed by atoms with Gasteiger partial charge in [0.05, 0.1) is 10.2 Å². The van der Waals surface area contributed by atoms with Crippen molar-refractivity contribution in [1.29, 1.82) is 0 Å². The smallest absolute Gasteiger partial charge is 0.210 e. The van der Waals surface area contributed by atoms with Crippen LogP contribution < -0.4 is 0 Å². The van der Waals surface area contributed by atoms with Crippen LogP contribution in [0.2, 0.25) is 0 Å². The van der Waals surface area contributed by atoms with E-state index in [4.69, 9.17) is 0 Å². The van der Waals surface area contributed by atoms with Gasteiger partial charge in [-0.3, -0.25) is 0 Å². The Balaban J connectivity index is 1.95. The third kappa shape index (κ3) is 1.89. The standard InChI is InChI=1S/C12H8N2S2/c1-2-6-11-10(5-1)14-12(16-11)13-8-9-4-3-7-15-9/h1-8H/b13-8+. The second kappa shape index (κ2) is 4.15. The number of aromatic nitrogens is 1. The summed E-state index contributed by atoms with van der Waals surface area (Å²) in [6, 6.07) is 12.2. The Kier molecular flexibility index (Phi) is 2.52. The Bertz CT molecular complexity index is 590. The molecular weight excluding hydrogens is 236 g/mol. The van der Waals surface area contributed by atoms with Crippen LogP contribution in [0, 0.1) is 0 Å². The molecule has 16 heavy (non-hydrogen) atoms. The van der Waals surface area contributed by atoms with E-state index in [2.05, 4.69) is 16.0 Å². The van der Waals surface area contributed by atoms with Gasteiger partial charge in [-0.05, 0) is 23.6 Å². The topological polar surface area (TPSA) is 25.2 Å². The van der Waals surface area contributed by atoms with Crippen molar-refractivity contribution >= 4 is 44.2 Å². The molecule has 0 bridgehead atoms. The first-order valence-corrected chi connectivity index (χ1v) is 6.54. The Labute approximate surface area is 101 Å². The van der Waals surface area contributed by atoms with Crippen molar-refractivity contribution in [2.75, 3.05) is 0 Å². The lowest BCUT2D eigenvalue weighted by atomic mass is 10.3. The lowest BCUT2D eigenvalue weighted by molar-refractivity contribution is 1.42. The van der Waals surface area contributed by atoms with Gasteiger partial charge in [0.15, 0.2) is 0 Å². The lowest BCUT2D eigenvalue weighted by Crippen LogP contribution is -1.70. The molecule has 2 aromatic heterocycles. The van der Waals surface area contributed by atoms with Gasteiger partial charge in [0.1, 0.15) is 0 Å². The van der Waals surface area contributed by atoms with E-state index in [-0.39, 0.29) is 0 Å². The van der Waals surface area contributed by atoms with Crippen LogP contribution in [-0.4, -0.2) is 11.2 Å². The zero-order valence-electron chi connectivity index (χ0n) is 8.33. The molecule has 0 unspecified atom stereocenters. The molecule has 0 spiro atoms. The van der Waals surface area contributed by atoms with E-state index in [1.807, 2.05) is 41.9 Å². The molecule has 0 atom stereocenters. The van der Waals surface area contributed by atoms with Gasteiger partial charge >= 0.3 is 0 Å². The van der Waals surface area contributed by atoms with Gasteiger partial charge in [-0.2, -0.15) is 0 Å². The maximum absolute atomic E-state index is 4.44. The number of thiophene rings is 1. The highest BCUT2D eigenvalue weighted by Gasteiger charge is 2.00. The van der Waals surface area contributed by atoms with E-state index >= 15 is 0 Å². The summed E-state index contributed by atoms with van der Waals surface area (Å²) in [6.45, 7) is 0. The van der Waals surface area contributed by atoms with E-state index in [0.29, 0.717) is 0 Å². The molecule has 1 aromatic carbocycles. The van der Waals surface area contributed by atoms with Crippen molar-refractivity contribution in [3.8, 4) is 0 Å². The van der Waals surface area contributed by atoms with Crippen molar-refractivity contribution in [1.82, 2.24) is 4.98 Å². The number of hydrogen-bond acceptors (Lipinski definition) is 4. The molecular formula is C12H8N2S2. The summed E-state index contributed by atoms with van der Waals surface area (Å²) < 4.78 is 1.18. The molecule has 0 aliphatic carbocycles. The van der Waals surface area contributed by atoms with Crippen molar-refractivity contribution in [3.63, 3.8) is 0 Å². The molecule has 3 aromatic rings. The molecule has 0 amide bonds. The molecule has 0 aliphatic rings. The first-order chi connectivity index (χ1) is 7.92. The minimum atomic E-state index is 0.814. The maximum atomic E-state index is 4.44. The molecule has 0 fully saturated rings. The average Bonchev–Trinajstić information content (AvgIpc) is 2.95. The predicted octanol–water partition coefficient (Wildman–Crippen LogP) is 4.11. The van der Waals surface area contributed by atoms with Crippen LogP contribution >= 0.6 is 22.7 Å². The number of thiazole rings is 1. The molecule has 2 nitrogen and oxygen atoms in total. The highest BCUT2D eigenvalue weighted by molar-refractivity contribution is 7.22. The van der Waals surface area contributed by atoms with Crippen LogP contribution in [0.15, 0.2) is 46.8 Å². The molecule has 0 saturated carbocycles. The fourth-order valence-electron chi connectivity index (χ4n) is 1.40. The van der Waals surface area contributed by atoms with Crippen LogP contribution in [0.1, 0.15) is 4.88 Å². The van der Waals surface area contributed by atoms with Crippen molar-refractivity contribution in [2.45, 2.75) is 0 Å². The minimum Gasteiger partial charge on any atom is -0.226 e. The molecule has 0 radical (unpaired) electrons. The molecule has 0 N–H and O–H groups in total. The van der Waals surface area contributed by atoms with Crippen LogP contribution in [0.4, 0.5) is 5.13 Å². The maximum Gasteiger partial charge on any atom is 0.210 e. The Morgan fingerprint density at radius 3 is 2.88 bits per heavy atom. The Hall–Kier alpha value is -1.52. The molecule has 0 saturated heterocycles. The van der Waals surface area contributed by atoms with Crippen LogP contribution in [0.25, 0.3) is 10.2 Å². The van der Waals surface area contributed by atoms with E-state index in [9.17, 15) is 0 Å². The zero-order valence-corrected chi connectivity index (χ0v) is 9.96. The highest BCUT2D eigenvalue weighted by atomic mass is 32.1. The third-order valence-electron chi connectivity index (χ3n) is 2.13. The number of benzene rings is 1. The molecule has 3 rings (SSSR count). The quantitative estimate of drug-likeness (QED) is 0.623. The summed E-state index contributed by atoms with van der Waals surface area (Å²) in [7, 11) is 0. The molecule has 2 heterocycles. The van der Waals surface area contributed by atoms with Crippen LogP contribution in [-0.2, 0) is 0 Å². The Morgan fingerprint density at radius 1 is 1.12 bits per heavy atom. The van der Waals surface area contributed by atoms with Gasteiger partial charge in [0.2, 0.25) is 5.13 Å². The number of nitrogens with zero attached hydrogens (tertiary/aromatic N) is 2. The predicted molar refractivity (Wildman–Crippen MR) is 71.2 cm³/mol. The second-order valence-electron chi connectivity index (χ2n) is 3.24. The fraction of sp³-hybridized carbons (Fsp3) is 0. The normalized spacial score (nSPS) is 11.5. The van der Waals surface area contributed by atoms with Gasteiger partial charge in [-0.15, -0.1) is 11.3 Å². The summed E-state index contributed by atoms with van der Waals surface area (Å²) in [5, 5.41) is 2.86. The van der Waals surface area contributed by atoms with Crippen molar-refractivity contribution < 1.29 is 0 Å². The summed E-state index contributed by atoms with van der Waals surface area (Å²) in [5.41, 5.74) is 1.02. The monoisotopic (exact) mass is 244 g/mol. The summed E-state index contributed by atoms with van der Waals surface area (Å²) >= 11 is 3.29. The van der Waals surface area contributed by atoms with Gasteiger partial charge in [-0.1, -0.05) is 29.5 Å². The first-order valence-electron chi connectivity index (χ1n) is 4.85. The largest absolute Gasteiger partial charge is 0.226 e. The van der Waals surface area contributed by atoms with E-state index in [1.165, 1.54) is 4.70 Å². The van der Waals surface area contributed by atoms with Crippen LogP contribution in [0.3, 0.4) is 0 Å². The van der Waals surface area contributed by atoms with E-state index < -0.39 is 0 Å². The summed E-state index contributed by atoms with van der Waals surface area (Å²) in [4.78, 5) is 9.97. The highest BCUT2D eigenvalue weighted by Crippen LogP contribution is 2.27. The van der Waals surface area contributed by atoms with Crippen molar-refractivity contribution in [3.05, 3.63) is 46.7 Å². The summed E-state index contributed by atoms with van der Waals surface area (Å²) in [6.07, 6.45) is 1.86. The third-order valence-corrected chi connectivity index (χ3v) is 3.88. The lowest BCUT2D eigenvalue weighted by Gasteiger charge is -1.81. The Morgan fingerprint density at radius 2 is 2.06 bits per heavy atom. The number of fused-ring (bicyclic) bond motifs is 1. The average molecular weight is 244 g/mol. The molecule has 0 aliphatic heterocycles. The van der Waals surface area contributed by atoms with Crippen LogP contribution in [0.5, 0.6) is 0 Å². The van der Waals surface area contributed by atoms with Gasteiger partial charge < -0.3 is 0 Å². The zero-order chi connectivity index (χ0) is 10.8. The minimum absolute atomic E-state index is 0.814. The van der Waals surface area contributed by atoms with Gasteiger partial charge in [0, 0.05) is 11.1 Å². The van der Waals surface area contributed by atoms with Gasteiger partial charge in [0.25, 0.3) is 0 Å². The first kappa shape index (κ1) is 9.69. The second-order valence-corrected chi connectivity index (χ2v) is 5.23. The summed E-state index contributed by atoms with van der Waals surface area (Å²) in [5.74, 6) is 0. The fourth-order valence-corrected chi connectivity index (χ4v) is 2.79. The van der Waals surface area contributed by atoms with E-state index in [0.717, 1.165) is 15.5 Å². The number of rotatable bonds is 2. The van der Waals surface area contributed by atoms with E-state index in [1.54, 1.807) is 22.7 Å². The van der Waals surface area contributed by atoms with Gasteiger partial charge in [-0.25, -0.2) is 9.98 Å². The SMILES string of the molecule is C(=N\c1nc2ccccc2s1)/c1cccs1. The molecule has 78 valence electrons. The number of aliphatic imine (C=N–C) groups is 1.